The molecule has 5 nitrogen and oxygen atoms in total. The maximum atomic E-state index is 12.3. The number of benzene rings is 5. The van der Waals surface area contributed by atoms with Gasteiger partial charge in [0.2, 0.25) is 0 Å². The molecule has 60 heavy (non-hydrogen) atoms. The van der Waals surface area contributed by atoms with Crippen LogP contribution in [-0.2, 0) is 15.9 Å². The van der Waals surface area contributed by atoms with Crippen LogP contribution in [0.4, 0.5) is 0 Å². The molecule has 5 aromatic rings. The molecular weight excluding hydrogens is 871 g/mol. The number of rotatable bonds is 2. The summed E-state index contributed by atoms with van der Waals surface area (Å²) in [5.41, 5.74) is 1.69. The zero-order valence-corrected chi connectivity index (χ0v) is 35.4. The molecule has 6 atom stereocenters. The zero-order chi connectivity index (χ0) is 39.8. The number of carbonyl (C=O) groups excluding carboxylic acids is 2. The molecule has 304 valence electrons. The van der Waals surface area contributed by atoms with Crippen LogP contribution in [0, 0.1) is 29.7 Å². The minimum absolute atomic E-state index is 0. The molecule has 1 aliphatic heterocycles. The van der Waals surface area contributed by atoms with E-state index in [-0.39, 0.29) is 69.0 Å². The Labute approximate surface area is 384 Å². The normalized spacial score (nSPS) is 24.5. The molecule has 4 aliphatic carbocycles. The van der Waals surface area contributed by atoms with Crippen molar-refractivity contribution in [3.8, 4) is 0 Å². The third kappa shape index (κ3) is 9.96. The van der Waals surface area contributed by atoms with Crippen LogP contribution < -0.4 is 18.9 Å². The molecule has 8 heteroatoms. The van der Waals surface area contributed by atoms with E-state index in [9.17, 15) is 19.8 Å². The van der Waals surface area contributed by atoms with Crippen molar-refractivity contribution in [1.82, 2.24) is 0 Å². The van der Waals surface area contributed by atoms with Gasteiger partial charge < -0.3 is 14.9 Å². The summed E-state index contributed by atoms with van der Waals surface area (Å²) in [6.45, 7) is 2.00. The van der Waals surface area contributed by atoms with Crippen molar-refractivity contribution in [2.24, 2.45) is 23.7 Å². The second-order valence-electron chi connectivity index (χ2n) is 14.4. The maximum absolute atomic E-state index is 12.3. The Hall–Kier alpha value is -4.16. The minimum Gasteiger partial charge on any atom is -0.381 e. The van der Waals surface area contributed by atoms with Crippen molar-refractivity contribution in [2.75, 3.05) is 13.2 Å². The predicted octanol–water partition coefficient (Wildman–Crippen LogP) is 9.04. The monoisotopic (exact) mass is 920 g/mol. The first kappa shape index (κ1) is 48.5. The number of halogens is 2. The molecule has 5 aromatic carbocycles. The van der Waals surface area contributed by atoms with Crippen molar-refractivity contribution >= 4 is 43.4 Å². The summed E-state index contributed by atoms with van der Waals surface area (Å²) in [5, 5.41) is 24.5. The van der Waals surface area contributed by atoms with Crippen LogP contribution >= 0.6 is 31.9 Å². The van der Waals surface area contributed by atoms with E-state index in [0.29, 0.717) is 11.1 Å². The molecule has 6 unspecified atom stereocenters. The maximum Gasteiger partial charge on any atom is 1.00 e. The molecule has 0 radical (unpaired) electrons. The van der Waals surface area contributed by atoms with Crippen LogP contribution in [0.3, 0.4) is 0 Å². The Morgan fingerprint density at radius 3 is 1.47 bits per heavy atom. The Balaban J connectivity index is 0.000000215. The molecule has 0 bridgehead atoms. The minimum atomic E-state index is -1.26. The van der Waals surface area contributed by atoms with Gasteiger partial charge in [-0.3, -0.25) is 9.59 Å². The first-order valence-corrected chi connectivity index (χ1v) is 20.8. The van der Waals surface area contributed by atoms with E-state index in [1.807, 2.05) is 158 Å². The van der Waals surface area contributed by atoms with E-state index >= 15 is 0 Å². The van der Waals surface area contributed by atoms with Crippen molar-refractivity contribution in [3.63, 3.8) is 0 Å². The number of Topliss-reactive ketones (excluding diaryl/α,β-unsaturated/α-hetero) is 2. The average Bonchev–Trinajstić information content (AvgIpc) is 3.87. The van der Waals surface area contributed by atoms with E-state index in [2.05, 4.69) is 37.9 Å². The fourth-order valence-corrected chi connectivity index (χ4v) is 8.99. The fourth-order valence-electron chi connectivity index (χ4n) is 8.26. The van der Waals surface area contributed by atoms with Gasteiger partial charge in [0.25, 0.3) is 0 Å². The van der Waals surface area contributed by atoms with Gasteiger partial charge in [-0.25, -0.2) is 0 Å². The number of allylic oxidation sites excluding steroid dienone is 6. The Kier molecular flexibility index (Phi) is 17.9. The van der Waals surface area contributed by atoms with Gasteiger partial charge in [0.05, 0.1) is 11.8 Å². The molecular formula is C52H51Br2LiO5. The summed E-state index contributed by atoms with van der Waals surface area (Å²) in [5.74, 6) is -1.20. The second-order valence-corrected chi connectivity index (χ2v) is 16.2. The van der Waals surface area contributed by atoms with Gasteiger partial charge in [-0.1, -0.05) is 162 Å². The van der Waals surface area contributed by atoms with Gasteiger partial charge in [-0.15, -0.1) is 0 Å². The van der Waals surface area contributed by atoms with Crippen molar-refractivity contribution < 1.29 is 43.4 Å². The summed E-state index contributed by atoms with van der Waals surface area (Å²) in [7, 11) is 0. The van der Waals surface area contributed by atoms with Crippen LogP contribution in [-0.4, -0.2) is 35.0 Å². The van der Waals surface area contributed by atoms with Gasteiger partial charge >= 0.3 is 18.9 Å². The smallest absolute Gasteiger partial charge is 0.381 e. The van der Waals surface area contributed by atoms with Gasteiger partial charge in [-0.2, -0.15) is 36.4 Å². The van der Waals surface area contributed by atoms with Crippen molar-refractivity contribution in [1.29, 1.82) is 0 Å². The zero-order valence-electron chi connectivity index (χ0n) is 32.3. The van der Waals surface area contributed by atoms with Gasteiger partial charge in [0.15, 0.2) is 11.6 Å². The summed E-state index contributed by atoms with van der Waals surface area (Å²) >= 11 is 6.90. The summed E-state index contributed by atoms with van der Waals surface area (Å²) in [6, 6.07) is 43.1. The van der Waals surface area contributed by atoms with Crippen LogP contribution in [0.15, 0.2) is 185 Å². The molecule has 0 amide bonds. The quantitative estimate of drug-likeness (QED) is 0.137. The molecule has 2 N–H and O–H groups in total. The first-order valence-electron chi connectivity index (χ1n) is 19.2. The molecule has 1 fully saturated rings. The van der Waals surface area contributed by atoms with E-state index in [1.165, 1.54) is 12.8 Å². The van der Waals surface area contributed by atoms with Crippen LogP contribution in [0.1, 0.15) is 70.7 Å². The van der Waals surface area contributed by atoms with Crippen LogP contribution in [0.2, 0.25) is 0 Å². The third-order valence-electron chi connectivity index (χ3n) is 11.0. The largest absolute Gasteiger partial charge is 1.00 e. The number of hydrogen-bond acceptors (Lipinski definition) is 5. The topological polar surface area (TPSA) is 83.8 Å². The van der Waals surface area contributed by atoms with Crippen molar-refractivity contribution in [2.45, 2.75) is 38.9 Å². The molecule has 10 rings (SSSR count). The number of ketones is 2. The van der Waals surface area contributed by atoms with Gasteiger partial charge in [-0.05, 0) is 65.4 Å². The summed E-state index contributed by atoms with van der Waals surface area (Å²) in [4.78, 5) is 24.5. The van der Waals surface area contributed by atoms with E-state index in [1.54, 1.807) is 18.2 Å². The number of fused-ring (bicyclic) bond motifs is 4. The summed E-state index contributed by atoms with van der Waals surface area (Å²) in [6.07, 6.45) is 17.8. The Morgan fingerprint density at radius 2 is 1.00 bits per heavy atom. The van der Waals surface area contributed by atoms with E-state index in [0.717, 1.165) is 44.4 Å². The van der Waals surface area contributed by atoms with E-state index < -0.39 is 11.2 Å². The molecule has 0 spiro atoms. The number of hydrogen-bond donors (Lipinski definition) is 2. The number of aliphatic hydroxyl groups is 2. The Morgan fingerprint density at radius 1 is 0.550 bits per heavy atom. The number of ether oxygens (including phenoxy) is 1. The molecule has 0 aromatic heterocycles. The standard InChI is InChI=1S/C26H21BrO2.C14H9BrO2.C6H5.C4H8O.2CH4.Li/c27-20-15-16-23-24(17-20)26(29,19-11-5-2-6-12-19)22-14-8-7-13-21(22)25(23,28)18-9-3-1-4-10-18;15-8-5-6-11-12(7-8)14(17)10-4-2-1-3-9(10)13(11)16;1-2-4-6-5-3-1;1-2-4-5-3-1;;;/h1-17,21-22,28-29H;1-7,9-10H;1-5H;1-4H2;2*1H4;/q;;-1;;;;+1. The van der Waals surface area contributed by atoms with Crippen LogP contribution in [0.5, 0.6) is 0 Å². The average molecular weight is 923 g/mol. The Bertz CT molecular complexity index is 2270. The predicted molar refractivity (Wildman–Crippen MR) is 245 cm³/mol. The van der Waals surface area contributed by atoms with Gasteiger partial charge in [0, 0.05) is 45.1 Å². The van der Waals surface area contributed by atoms with Crippen molar-refractivity contribution in [3.05, 3.63) is 224 Å². The first-order chi connectivity index (χ1) is 27.7. The summed E-state index contributed by atoms with van der Waals surface area (Å²) < 4.78 is 6.64. The molecule has 1 saturated heterocycles. The van der Waals surface area contributed by atoms with Gasteiger partial charge in [0.1, 0.15) is 11.2 Å². The number of carbonyl (C=O) groups is 2. The molecule has 0 saturated carbocycles. The SMILES string of the molecule is C.C.C1CCOC1.O=C1c2ccc(Br)cc2C(=O)C2C=CC=CC12.OC1(c2ccccc2)c2ccc(Br)cc2C(O)(c2ccccc2)C2C=CC=CC21.[Li+].[c-]1ccccc1. The second kappa shape index (κ2) is 22.1. The van der Waals surface area contributed by atoms with Crippen LogP contribution in [0.25, 0.3) is 0 Å². The molecule has 5 aliphatic rings. The van der Waals surface area contributed by atoms with E-state index in [4.69, 9.17) is 4.74 Å². The third-order valence-corrected chi connectivity index (χ3v) is 12.0. The fraction of sp³-hybridized carbons (Fsp3) is 0.231. The molecule has 1 heterocycles.